The lowest BCUT2D eigenvalue weighted by atomic mass is 10.1. The number of benzene rings is 1. The Kier molecular flexibility index (Phi) is 4.54. The van der Waals surface area contributed by atoms with Crippen molar-refractivity contribution in [3.05, 3.63) is 44.5 Å². The molecule has 112 valence electrons. The van der Waals surface area contributed by atoms with E-state index in [4.69, 9.17) is 4.74 Å². The monoisotopic (exact) mass is 291 g/mol. The Morgan fingerprint density at radius 3 is 2.81 bits per heavy atom. The van der Waals surface area contributed by atoms with E-state index in [0.717, 1.165) is 0 Å². The van der Waals surface area contributed by atoms with E-state index in [2.05, 4.69) is 10.3 Å². The summed E-state index contributed by atoms with van der Waals surface area (Å²) in [5, 5.41) is 2.69. The van der Waals surface area contributed by atoms with Gasteiger partial charge >= 0.3 is 11.1 Å². The van der Waals surface area contributed by atoms with Gasteiger partial charge in [-0.2, -0.15) is 0 Å². The van der Waals surface area contributed by atoms with Gasteiger partial charge in [-0.05, 0) is 25.1 Å². The van der Waals surface area contributed by atoms with Crippen molar-refractivity contribution in [2.75, 3.05) is 20.3 Å². The van der Waals surface area contributed by atoms with E-state index in [1.54, 1.807) is 32.2 Å². The fourth-order valence-electron chi connectivity index (χ4n) is 2.10. The molecule has 2 aromatic rings. The molecular formula is C14H17N3O4. The molecule has 1 heterocycles. The smallest absolute Gasteiger partial charge is 0.316 e. The first kappa shape index (κ1) is 15.0. The molecule has 0 unspecified atom stereocenters. The minimum Gasteiger partial charge on any atom is -0.383 e. The maximum atomic E-state index is 11.9. The Balaban J connectivity index is 2.43. The van der Waals surface area contributed by atoms with Crippen molar-refractivity contribution in [1.82, 2.24) is 14.9 Å². The van der Waals surface area contributed by atoms with E-state index in [-0.39, 0.29) is 5.91 Å². The van der Waals surface area contributed by atoms with E-state index in [1.165, 1.54) is 4.57 Å². The molecule has 7 nitrogen and oxygen atoms in total. The lowest BCUT2D eigenvalue weighted by Gasteiger charge is -2.09. The molecule has 0 saturated heterocycles. The summed E-state index contributed by atoms with van der Waals surface area (Å²) in [6.07, 6.45) is 0. The maximum Gasteiger partial charge on any atom is 0.316 e. The Labute approximate surface area is 120 Å². The molecular weight excluding hydrogens is 274 g/mol. The molecule has 0 spiro atoms. The van der Waals surface area contributed by atoms with Gasteiger partial charge in [0.25, 0.3) is 5.91 Å². The number of rotatable bonds is 5. The van der Waals surface area contributed by atoms with Gasteiger partial charge in [0.1, 0.15) is 0 Å². The molecule has 0 aliphatic carbocycles. The van der Waals surface area contributed by atoms with Crippen LogP contribution in [-0.4, -0.2) is 35.7 Å². The third-order valence-electron chi connectivity index (χ3n) is 3.15. The molecule has 7 heteroatoms. The predicted octanol–water partition coefficient (Wildman–Crippen LogP) is 0.0859. The highest BCUT2D eigenvalue weighted by molar-refractivity contribution is 5.97. The first-order chi connectivity index (χ1) is 10.1. The first-order valence-electron chi connectivity index (χ1n) is 6.62. The third kappa shape index (κ3) is 3.03. The highest BCUT2D eigenvalue weighted by Crippen LogP contribution is 2.11. The average molecular weight is 291 g/mol. The zero-order chi connectivity index (χ0) is 15.4. The van der Waals surface area contributed by atoms with E-state index < -0.39 is 11.1 Å². The molecule has 21 heavy (non-hydrogen) atoms. The Hall–Kier alpha value is -2.41. The van der Waals surface area contributed by atoms with Crippen molar-refractivity contribution in [3.8, 4) is 0 Å². The van der Waals surface area contributed by atoms with Crippen LogP contribution < -0.4 is 16.4 Å². The van der Waals surface area contributed by atoms with E-state index in [0.29, 0.717) is 36.3 Å². The zero-order valence-corrected chi connectivity index (χ0v) is 11.9. The second-order valence-corrected chi connectivity index (χ2v) is 4.48. The van der Waals surface area contributed by atoms with Crippen molar-refractivity contribution in [3.63, 3.8) is 0 Å². The van der Waals surface area contributed by atoms with Crippen LogP contribution in [0, 0.1) is 0 Å². The van der Waals surface area contributed by atoms with Crippen molar-refractivity contribution < 1.29 is 9.53 Å². The number of carbonyl (C=O) groups is 1. The summed E-state index contributed by atoms with van der Waals surface area (Å²) in [6.45, 7) is 2.99. The van der Waals surface area contributed by atoms with Crippen LogP contribution in [0.25, 0.3) is 11.0 Å². The summed E-state index contributed by atoms with van der Waals surface area (Å²) < 4.78 is 6.23. The number of aryl methyl sites for hydroxylation is 1. The molecule has 2 N–H and O–H groups in total. The van der Waals surface area contributed by atoms with Gasteiger partial charge in [-0.1, -0.05) is 0 Å². The van der Waals surface area contributed by atoms with Gasteiger partial charge < -0.3 is 19.6 Å². The number of methoxy groups -OCH3 is 1. The van der Waals surface area contributed by atoms with Crippen LogP contribution in [0.4, 0.5) is 0 Å². The number of hydrogen-bond acceptors (Lipinski definition) is 4. The number of nitrogens with one attached hydrogen (secondary N) is 2. The number of H-pyrrole nitrogens is 1. The lowest BCUT2D eigenvalue weighted by Crippen LogP contribution is -2.36. The van der Waals surface area contributed by atoms with Crippen molar-refractivity contribution in [2.45, 2.75) is 13.5 Å². The van der Waals surface area contributed by atoms with Crippen LogP contribution in [0.15, 0.2) is 27.8 Å². The number of aromatic nitrogens is 2. The zero-order valence-electron chi connectivity index (χ0n) is 11.9. The topological polar surface area (TPSA) is 93.2 Å². The standard InChI is InChI=1S/C14H17N3O4/c1-3-17-11-5-4-9(12(18)15-6-7-21-2)8-10(11)16-13(19)14(17)20/h4-5,8H,3,6-7H2,1-2H3,(H,15,18)(H,16,19). The van der Waals surface area contributed by atoms with Gasteiger partial charge in [-0.15, -0.1) is 0 Å². The number of amides is 1. The lowest BCUT2D eigenvalue weighted by molar-refractivity contribution is 0.0937. The molecule has 1 aromatic carbocycles. The SMILES string of the molecule is CCn1c(=O)c(=O)[nH]c2cc(C(=O)NCCOC)ccc21. The van der Waals surface area contributed by atoms with Gasteiger partial charge in [0.15, 0.2) is 0 Å². The quantitative estimate of drug-likeness (QED) is 0.603. The van der Waals surface area contributed by atoms with Gasteiger partial charge in [0.2, 0.25) is 0 Å². The van der Waals surface area contributed by atoms with E-state index in [9.17, 15) is 14.4 Å². The van der Waals surface area contributed by atoms with Crippen LogP contribution in [0.1, 0.15) is 17.3 Å². The molecule has 0 fully saturated rings. The van der Waals surface area contributed by atoms with Gasteiger partial charge in [0.05, 0.1) is 17.6 Å². The number of nitrogens with zero attached hydrogens (tertiary/aromatic N) is 1. The normalized spacial score (nSPS) is 10.8. The molecule has 2 rings (SSSR count). The maximum absolute atomic E-state index is 11.9. The van der Waals surface area contributed by atoms with Gasteiger partial charge in [-0.25, -0.2) is 0 Å². The van der Waals surface area contributed by atoms with Gasteiger partial charge in [0, 0.05) is 25.8 Å². The minimum atomic E-state index is -0.693. The Bertz CT molecular complexity index is 776. The molecule has 0 saturated carbocycles. The average Bonchev–Trinajstić information content (AvgIpc) is 2.48. The number of ether oxygens (including phenoxy) is 1. The van der Waals surface area contributed by atoms with Crippen LogP contribution in [0.2, 0.25) is 0 Å². The highest BCUT2D eigenvalue weighted by Gasteiger charge is 2.10. The van der Waals surface area contributed by atoms with Gasteiger partial charge in [-0.3, -0.25) is 14.4 Å². The predicted molar refractivity (Wildman–Crippen MR) is 78.7 cm³/mol. The molecule has 1 aromatic heterocycles. The van der Waals surface area contributed by atoms with E-state index >= 15 is 0 Å². The molecule has 0 aliphatic heterocycles. The summed E-state index contributed by atoms with van der Waals surface area (Å²) in [6, 6.07) is 4.83. The number of carbonyl (C=O) groups excluding carboxylic acids is 1. The number of hydrogen-bond donors (Lipinski definition) is 2. The molecule has 0 radical (unpaired) electrons. The molecule has 0 atom stereocenters. The summed E-state index contributed by atoms with van der Waals surface area (Å²) in [5.74, 6) is -0.260. The van der Waals surface area contributed by atoms with Crippen LogP contribution in [-0.2, 0) is 11.3 Å². The van der Waals surface area contributed by atoms with Crippen molar-refractivity contribution in [2.24, 2.45) is 0 Å². The fourth-order valence-corrected chi connectivity index (χ4v) is 2.10. The van der Waals surface area contributed by atoms with Crippen LogP contribution in [0.3, 0.4) is 0 Å². The summed E-state index contributed by atoms with van der Waals surface area (Å²) >= 11 is 0. The Morgan fingerprint density at radius 2 is 2.14 bits per heavy atom. The van der Waals surface area contributed by atoms with Crippen LogP contribution >= 0.6 is 0 Å². The number of fused-ring (bicyclic) bond motifs is 1. The second kappa shape index (κ2) is 6.36. The molecule has 0 bridgehead atoms. The molecule has 0 aliphatic rings. The highest BCUT2D eigenvalue weighted by atomic mass is 16.5. The summed E-state index contributed by atoms with van der Waals surface area (Å²) in [7, 11) is 1.55. The van der Waals surface area contributed by atoms with E-state index in [1.807, 2.05) is 0 Å². The third-order valence-corrected chi connectivity index (χ3v) is 3.15. The number of aromatic amines is 1. The summed E-state index contributed by atoms with van der Waals surface area (Å²) in [4.78, 5) is 37.8. The second-order valence-electron chi connectivity index (χ2n) is 4.48. The summed E-state index contributed by atoms with van der Waals surface area (Å²) in [5.41, 5.74) is 0.176. The Morgan fingerprint density at radius 1 is 1.38 bits per heavy atom. The minimum absolute atomic E-state index is 0.260. The molecule has 1 amide bonds. The van der Waals surface area contributed by atoms with Crippen molar-refractivity contribution in [1.29, 1.82) is 0 Å². The largest absolute Gasteiger partial charge is 0.383 e. The first-order valence-corrected chi connectivity index (χ1v) is 6.62. The van der Waals surface area contributed by atoms with Crippen LogP contribution in [0.5, 0.6) is 0 Å². The van der Waals surface area contributed by atoms with Crippen molar-refractivity contribution >= 4 is 16.9 Å². The fraction of sp³-hybridized carbons (Fsp3) is 0.357.